The largest absolute Gasteiger partial charge is 0.463 e. The van der Waals surface area contributed by atoms with Crippen LogP contribution in [-0.4, -0.2) is 10.9 Å². The van der Waals surface area contributed by atoms with E-state index in [1.807, 2.05) is 36.4 Å². The van der Waals surface area contributed by atoms with Crippen LogP contribution in [-0.2, 0) is 0 Å². The van der Waals surface area contributed by atoms with Gasteiger partial charge >= 0.3 is 0 Å². The third-order valence-corrected chi connectivity index (χ3v) is 4.37. The Morgan fingerprint density at radius 2 is 1.62 bits per heavy atom. The lowest BCUT2D eigenvalue weighted by atomic mass is 10.2. The van der Waals surface area contributed by atoms with Crippen LogP contribution in [0.15, 0.2) is 76.0 Å². The van der Waals surface area contributed by atoms with Gasteiger partial charge in [-0.1, -0.05) is 29.5 Å². The Kier molecular flexibility index (Phi) is 3.72. The fourth-order valence-electron chi connectivity index (χ4n) is 2.29. The van der Waals surface area contributed by atoms with Crippen LogP contribution in [0.4, 0.5) is 5.13 Å². The molecule has 1 N–H and O–H groups in total. The fraction of sp³-hybridized carbons (Fsp3) is 0. The number of rotatable bonds is 4. The maximum atomic E-state index is 12.3. The Balaban J connectivity index is 1.70. The second-order valence-corrected chi connectivity index (χ2v) is 5.97. The van der Waals surface area contributed by atoms with Crippen molar-refractivity contribution in [3.63, 3.8) is 0 Å². The van der Waals surface area contributed by atoms with Crippen molar-refractivity contribution in [2.75, 3.05) is 5.32 Å². The van der Waals surface area contributed by atoms with Crippen molar-refractivity contribution in [1.82, 2.24) is 4.98 Å². The second kappa shape index (κ2) is 6.17. The van der Waals surface area contributed by atoms with Gasteiger partial charge in [-0.15, -0.1) is 0 Å². The molecular weight excluding hydrogens is 324 g/mol. The molecule has 5 nitrogen and oxygen atoms in total. The minimum Gasteiger partial charge on any atom is -0.463 e. The summed E-state index contributed by atoms with van der Waals surface area (Å²) in [6, 6.07) is 16.3. The van der Waals surface area contributed by atoms with E-state index in [1.54, 1.807) is 30.7 Å². The molecule has 3 heterocycles. The van der Waals surface area contributed by atoms with Crippen LogP contribution in [0, 0.1) is 0 Å². The molecule has 118 valence electrons. The van der Waals surface area contributed by atoms with Crippen LogP contribution in [0.25, 0.3) is 22.1 Å². The van der Waals surface area contributed by atoms with E-state index in [-0.39, 0.29) is 5.91 Å². The zero-order chi connectivity index (χ0) is 16.4. The Morgan fingerprint density at radius 1 is 0.917 bits per heavy atom. The van der Waals surface area contributed by atoms with Crippen LogP contribution < -0.4 is 5.32 Å². The number of aromatic nitrogens is 1. The Bertz CT molecular complexity index is 890. The molecule has 0 fully saturated rings. The van der Waals surface area contributed by atoms with Gasteiger partial charge in [0.05, 0.1) is 12.5 Å². The highest BCUT2D eigenvalue weighted by atomic mass is 32.1. The molecule has 0 radical (unpaired) electrons. The lowest BCUT2D eigenvalue weighted by molar-refractivity contribution is 0.102. The summed E-state index contributed by atoms with van der Waals surface area (Å²) in [5.74, 6) is 1.10. The van der Waals surface area contributed by atoms with Crippen LogP contribution in [0.2, 0.25) is 0 Å². The zero-order valence-electron chi connectivity index (χ0n) is 12.4. The van der Waals surface area contributed by atoms with Gasteiger partial charge in [0.15, 0.2) is 10.9 Å². The predicted molar refractivity (Wildman–Crippen MR) is 91.9 cm³/mol. The third kappa shape index (κ3) is 2.75. The second-order valence-electron chi connectivity index (χ2n) is 4.97. The van der Waals surface area contributed by atoms with Gasteiger partial charge in [0.25, 0.3) is 5.91 Å². The molecule has 0 aliphatic rings. The number of anilines is 1. The number of hydrogen-bond donors (Lipinski definition) is 1. The highest BCUT2D eigenvalue weighted by Gasteiger charge is 2.20. The molecule has 0 unspecified atom stereocenters. The first-order valence-electron chi connectivity index (χ1n) is 7.26. The summed E-state index contributed by atoms with van der Waals surface area (Å²) in [7, 11) is 0. The molecule has 0 bridgehead atoms. The molecule has 0 aliphatic carbocycles. The summed E-state index contributed by atoms with van der Waals surface area (Å²) in [6.45, 7) is 0. The van der Waals surface area contributed by atoms with E-state index < -0.39 is 0 Å². The first kappa shape index (κ1) is 14.5. The minimum absolute atomic E-state index is 0.207. The summed E-state index contributed by atoms with van der Waals surface area (Å²) in [5.41, 5.74) is 1.22. The summed E-state index contributed by atoms with van der Waals surface area (Å²) in [6.07, 6.45) is 3.19. The van der Waals surface area contributed by atoms with Crippen molar-refractivity contribution in [2.24, 2.45) is 0 Å². The average molecular weight is 336 g/mol. The van der Waals surface area contributed by atoms with Gasteiger partial charge in [-0.25, -0.2) is 4.98 Å². The molecule has 3 aromatic heterocycles. The molecular formula is C18H12N2O3S. The van der Waals surface area contributed by atoms with Gasteiger partial charge in [0.2, 0.25) is 0 Å². The number of hydrogen-bond acceptors (Lipinski definition) is 5. The topological polar surface area (TPSA) is 68.3 Å². The number of thiazole rings is 1. The fourth-order valence-corrected chi connectivity index (χ4v) is 3.22. The number of carbonyl (C=O) groups is 1. The number of carbonyl (C=O) groups excluding carboxylic acids is 1. The van der Waals surface area contributed by atoms with Crippen molar-refractivity contribution >= 4 is 22.4 Å². The molecule has 0 saturated carbocycles. The van der Waals surface area contributed by atoms with Gasteiger partial charge in [-0.3, -0.25) is 10.1 Å². The van der Waals surface area contributed by atoms with Crippen molar-refractivity contribution in [2.45, 2.75) is 0 Å². The van der Waals surface area contributed by atoms with Gasteiger partial charge in [0, 0.05) is 5.56 Å². The summed E-state index contributed by atoms with van der Waals surface area (Å²) in [4.78, 5) is 17.6. The molecule has 0 aliphatic heterocycles. The monoisotopic (exact) mass is 336 g/mol. The van der Waals surface area contributed by atoms with E-state index in [9.17, 15) is 4.79 Å². The van der Waals surface area contributed by atoms with Gasteiger partial charge < -0.3 is 8.83 Å². The van der Waals surface area contributed by atoms with Crippen LogP contribution in [0.3, 0.4) is 0 Å². The summed E-state index contributed by atoms with van der Waals surface area (Å²) < 4.78 is 10.9. The maximum Gasteiger partial charge on any atom is 0.257 e. The Hall–Kier alpha value is -3.12. The standard InChI is InChI=1S/C18H12N2O3S/c21-17(12-6-2-1-3-7-12)20-18-19-15(13-8-4-10-22-13)16(24-18)14-9-5-11-23-14/h1-11H,(H,19,20,21). The van der Waals surface area contributed by atoms with Crippen molar-refractivity contribution in [3.8, 4) is 22.1 Å². The quantitative estimate of drug-likeness (QED) is 0.574. The lowest BCUT2D eigenvalue weighted by Crippen LogP contribution is -2.11. The molecule has 0 saturated heterocycles. The average Bonchev–Trinajstić information content (AvgIpc) is 3.36. The highest BCUT2D eigenvalue weighted by molar-refractivity contribution is 7.19. The molecule has 4 aromatic rings. The van der Waals surface area contributed by atoms with Crippen LogP contribution in [0.1, 0.15) is 10.4 Å². The molecule has 1 amide bonds. The molecule has 0 atom stereocenters. The number of furan rings is 2. The van der Waals surface area contributed by atoms with E-state index in [0.29, 0.717) is 27.9 Å². The van der Waals surface area contributed by atoms with Crippen molar-refractivity contribution in [3.05, 3.63) is 72.7 Å². The molecule has 0 spiro atoms. The third-order valence-electron chi connectivity index (χ3n) is 3.38. The van der Waals surface area contributed by atoms with Gasteiger partial charge in [-0.2, -0.15) is 0 Å². The predicted octanol–water partition coefficient (Wildman–Crippen LogP) is 4.92. The molecule has 24 heavy (non-hydrogen) atoms. The lowest BCUT2D eigenvalue weighted by Gasteiger charge is -2.00. The minimum atomic E-state index is -0.207. The molecule has 4 rings (SSSR count). The Labute approximate surface area is 141 Å². The van der Waals surface area contributed by atoms with E-state index in [1.165, 1.54) is 11.3 Å². The number of nitrogens with one attached hydrogen (secondary N) is 1. The van der Waals surface area contributed by atoms with E-state index >= 15 is 0 Å². The van der Waals surface area contributed by atoms with Gasteiger partial charge in [-0.05, 0) is 36.4 Å². The normalized spacial score (nSPS) is 10.7. The van der Waals surface area contributed by atoms with E-state index in [4.69, 9.17) is 8.83 Å². The number of amides is 1. The summed E-state index contributed by atoms with van der Waals surface area (Å²) in [5, 5.41) is 3.32. The van der Waals surface area contributed by atoms with E-state index in [0.717, 1.165) is 4.88 Å². The first-order chi connectivity index (χ1) is 11.8. The van der Waals surface area contributed by atoms with Crippen molar-refractivity contribution < 1.29 is 13.6 Å². The van der Waals surface area contributed by atoms with Gasteiger partial charge in [0.1, 0.15) is 16.3 Å². The smallest absolute Gasteiger partial charge is 0.257 e. The number of nitrogens with zero attached hydrogens (tertiary/aromatic N) is 1. The Morgan fingerprint density at radius 3 is 2.29 bits per heavy atom. The number of benzene rings is 1. The maximum absolute atomic E-state index is 12.3. The zero-order valence-corrected chi connectivity index (χ0v) is 13.2. The first-order valence-corrected chi connectivity index (χ1v) is 8.08. The molecule has 6 heteroatoms. The van der Waals surface area contributed by atoms with E-state index in [2.05, 4.69) is 10.3 Å². The SMILES string of the molecule is O=C(Nc1nc(-c2ccco2)c(-c2ccco2)s1)c1ccccc1. The highest BCUT2D eigenvalue weighted by Crippen LogP contribution is 2.39. The van der Waals surface area contributed by atoms with Crippen LogP contribution in [0.5, 0.6) is 0 Å². The summed E-state index contributed by atoms with van der Waals surface area (Å²) >= 11 is 1.34. The van der Waals surface area contributed by atoms with Crippen LogP contribution >= 0.6 is 11.3 Å². The molecule has 1 aromatic carbocycles. The van der Waals surface area contributed by atoms with Crippen molar-refractivity contribution in [1.29, 1.82) is 0 Å².